The number of thioether (sulfide) groups is 1. The molecule has 0 aliphatic rings. The lowest BCUT2D eigenvalue weighted by molar-refractivity contribution is 1.09. The first-order chi connectivity index (χ1) is 7.77. The first-order valence-electron chi connectivity index (χ1n) is 5.85. The van der Waals surface area contributed by atoms with Gasteiger partial charge in [0.15, 0.2) is 0 Å². The third-order valence-electron chi connectivity index (χ3n) is 2.70. The quantitative estimate of drug-likeness (QED) is 0.744. The van der Waals surface area contributed by atoms with E-state index in [1.54, 1.807) is 0 Å². The molecule has 0 saturated heterocycles. The Labute approximate surface area is 102 Å². The Kier molecular flexibility index (Phi) is 3.89. The van der Waals surface area contributed by atoms with E-state index in [1.807, 2.05) is 11.8 Å². The molecule has 84 valence electrons. The minimum atomic E-state index is 0.731. The van der Waals surface area contributed by atoms with Crippen LogP contribution in [0.1, 0.15) is 19.4 Å². The van der Waals surface area contributed by atoms with Crippen LogP contribution in [-0.4, -0.2) is 11.0 Å². The smallest absolute Gasteiger partial charge is 0.000957 e. The highest BCUT2D eigenvalue weighted by Gasteiger charge is 2.01. The Morgan fingerprint density at radius 1 is 1.00 bits per heavy atom. The Bertz CT molecular complexity index is 454. The number of fused-ring (bicyclic) bond motifs is 1. The van der Waals surface area contributed by atoms with Gasteiger partial charge in [0.05, 0.1) is 0 Å². The molecule has 0 nitrogen and oxygen atoms in total. The van der Waals surface area contributed by atoms with Crippen molar-refractivity contribution < 1.29 is 0 Å². The maximum atomic E-state index is 2.26. The summed E-state index contributed by atoms with van der Waals surface area (Å²) in [6.07, 6.45) is 1.17. The lowest BCUT2D eigenvalue weighted by atomic mass is 10.0. The van der Waals surface area contributed by atoms with Gasteiger partial charge in [-0.2, -0.15) is 11.8 Å². The van der Waals surface area contributed by atoms with Crippen LogP contribution in [0.5, 0.6) is 0 Å². The maximum absolute atomic E-state index is 2.26. The summed E-state index contributed by atoms with van der Waals surface area (Å²) in [6, 6.07) is 15.3. The Balaban J connectivity index is 2.17. The van der Waals surface area contributed by atoms with Gasteiger partial charge in [0.1, 0.15) is 0 Å². The van der Waals surface area contributed by atoms with Crippen LogP contribution in [-0.2, 0) is 6.42 Å². The summed E-state index contributed by atoms with van der Waals surface area (Å²) < 4.78 is 0. The van der Waals surface area contributed by atoms with E-state index in [0.717, 1.165) is 5.25 Å². The molecule has 0 radical (unpaired) electrons. The monoisotopic (exact) mass is 230 g/mol. The van der Waals surface area contributed by atoms with Gasteiger partial charge in [0.25, 0.3) is 0 Å². The molecule has 0 heterocycles. The maximum Gasteiger partial charge on any atom is -0.000957 e. The summed E-state index contributed by atoms with van der Waals surface area (Å²) in [4.78, 5) is 0. The van der Waals surface area contributed by atoms with Crippen LogP contribution in [0.3, 0.4) is 0 Å². The SMILES string of the molecule is CC(C)SCCc1cccc2ccccc12. The summed E-state index contributed by atoms with van der Waals surface area (Å²) in [6.45, 7) is 4.52. The third kappa shape index (κ3) is 2.79. The van der Waals surface area contributed by atoms with Crippen molar-refractivity contribution in [2.45, 2.75) is 25.5 Å². The molecule has 0 unspecified atom stereocenters. The van der Waals surface area contributed by atoms with E-state index in [1.165, 1.54) is 28.5 Å². The molecular weight excluding hydrogens is 212 g/mol. The molecular formula is C15H18S. The second kappa shape index (κ2) is 5.40. The molecule has 0 aromatic heterocycles. The van der Waals surface area contributed by atoms with Gasteiger partial charge in [-0.1, -0.05) is 56.3 Å². The molecule has 1 heteroatoms. The highest BCUT2D eigenvalue weighted by molar-refractivity contribution is 7.99. The first-order valence-corrected chi connectivity index (χ1v) is 6.90. The average Bonchev–Trinajstić information content (AvgIpc) is 2.29. The zero-order chi connectivity index (χ0) is 11.4. The van der Waals surface area contributed by atoms with Crippen LogP contribution in [0.2, 0.25) is 0 Å². The summed E-state index contributed by atoms with van der Waals surface area (Å²) >= 11 is 2.03. The standard InChI is InChI=1S/C15H18S/c1-12(2)16-11-10-14-8-5-7-13-6-3-4-9-15(13)14/h3-9,12H,10-11H2,1-2H3. The third-order valence-corrected chi connectivity index (χ3v) is 3.81. The molecule has 0 saturated carbocycles. The summed E-state index contributed by atoms with van der Waals surface area (Å²) in [7, 11) is 0. The molecule has 0 spiro atoms. The number of benzene rings is 2. The van der Waals surface area contributed by atoms with Gasteiger partial charge in [0.2, 0.25) is 0 Å². The number of aryl methyl sites for hydroxylation is 1. The second-order valence-corrected chi connectivity index (χ2v) is 5.99. The van der Waals surface area contributed by atoms with Crippen LogP contribution < -0.4 is 0 Å². The fourth-order valence-electron chi connectivity index (χ4n) is 1.92. The van der Waals surface area contributed by atoms with Crippen LogP contribution in [0.25, 0.3) is 10.8 Å². The van der Waals surface area contributed by atoms with E-state index in [0.29, 0.717) is 0 Å². The Hall–Kier alpha value is -0.950. The molecule has 0 bridgehead atoms. The van der Waals surface area contributed by atoms with Gasteiger partial charge >= 0.3 is 0 Å². The first kappa shape index (κ1) is 11.5. The Morgan fingerprint density at radius 3 is 2.56 bits per heavy atom. The van der Waals surface area contributed by atoms with Crippen LogP contribution >= 0.6 is 11.8 Å². The van der Waals surface area contributed by atoms with Crippen molar-refractivity contribution in [2.24, 2.45) is 0 Å². The van der Waals surface area contributed by atoms with Gasteiger partial charge in [0, 0.05) is 0 Å². The molecule has 2 aromatic carbocycles. The molecule has 0 amide bonds. The molecule has 16 heavy (non-hydrogen) atoms. The van der Waals surface area contributed by atoms with Crippen molar-refractivity contribution >= 4 is 22.5 Å². The van der Waals surface area contributed by atoms with E-state index in [4.69, 9.17) is 0 Å². The molecule has 0 N–H and O–H groups in total. The zero-order valence-electron chi connectivity index (χ0n) is 9.94. The Morgan fingerprint density at radius 2 is 1.75 bits per heavy atom. The van der Waals surface area contributed by atoms with Crippen molar-refractivity contribution in [3.63, 3.8) is 0 Å². The highest BCUT2D eigenvalue weighted by atomic mass is 32.2. The van der Waals surface area contributed by atoms with E-state index >= 15 is 0 Å². The van der Waals surface area contributed by atoms with Crippen molar-refractivity contribution in [1.29, 1.82) is 0 Å². The van der Waals surface area contributed by atoms with Crippen LogP contribution in [0.15, 0.2) is 42.5 Å². The van der Waals surface area contributed by atoms with Crippen molar-refractivity contribution in [3.8, 4) is 0 Å². The predicted octanol–water partition coefficient (Wildman–Crippen LogP) is 4.52. The van der Waals surface area contributed by atoms with E-state index in [2.05, 4.69) is 56.3 Å². The fourth-order valence-corrected chi connectivity index (χ4v) is 2.72. The van der Waals surface area contributed by atoms with Gasteiger partial charge in [-0.25, -0.2) is 0 Å². The highest BCUT2D eigenvalue weighted by Crippen LogP contribution is 2.20. The molecule has 0 aliphatic heterocycles. The van der Waals surface area contributed by atoms with Gasteiger partial charge in [-0.05, 0) is 33.8 Å². The summed E-state index contributed by atoms with van der Waals surface area (Å²) in [5.41, 5.74) is 1.48. The molecule has 2 aromatic rings. The lowest BCUT2D eigenvalue weighted by Gasteiger charge is -2.07. The summed E-state index contributed by atoms with van der Waals surface area (Å²) in [5, 5.41) is 3.50. The predicted molar refractivity (Wildman–Crippen MR) is 75.2 cm³/mol. The lowest BCUT2D eigenvalue weighted by Crippen LogP contribution is -1.94. The van der Waals surface area contributed by atoms with Crippen LogP contribution in [0, 0.1) is 0 Å². The number of rotatable bonds is 4. The van der Waals surface area contributed by atoms with E-state index in [-0.39, 0.29) is 0 Å². The minimum Gasteiger partial charge on any atom is -0.159 e. The van der Waals surface area contributed by atoms with Crippen LogP contribution in [0.4, 0.5) is 0 Å². The normalized spacial score (nSPS) is 11.2. The van der Waals surface area contributed by atoms with Gasteiger partial charge < -0.3 is 0 Å². The van der Waals surface area contributed by atoms with Crippen molar-refractivity contribution in [2.75, 3.05) is 5.75 Å². The average molecular weight is 230 g/mol. The minimum absolute atomic E-state index is 0.731. The number of hydrogen-bond donors (Lipinski definition) is 0. The number of hydrogen-bond acceptors (Lipinski definition) is 1. The summed E-state index contributed by atoms with van der Waals surface area (Å²) in [5.74, 6) is 1.21. The topological polar surface area (TPSA) is 0 Å². The molecule has 0 fully saturated rings. The van der Waals surface area contributed by atoms with E-state index in [9.17, 15) is 0 Å². The fraction of sp³-hybridized carbons (Fsp3) is 0.333. The second-order valence-electron chi connectivity index (χ2n) is 4.31. The van der Waals surface area contributed by atoms with E-state index < -0.39 is 0 Å². The largest absolute Gasteiger partial charge is 0.159 e. The van der Waals surface area contributed by atoms with Crippen molar-refractivity contribution in [1.82, 2.24) is 0 Å². The van der Waals surface area contributed by atoms with Gasteiger partial charge in [-0.3, -0.25) is 0 Å². The zero-order valence-corrected chi connectivity index (χ0v) is 10.8. The molecule has 0 aliphatic carbocycles. The molecule has 2 rings (SSSR count). The van der Waals surface area contributed by atoms with Crippen molar-refractivity contribution in [3.05, 3.63) is 48.0 Å². The van der Waals surface area contributed by atoms with Gasteiger partial charge in [-0.15, -0.1) is 0 Å². The molecule has 0 atom stereocenters.